The summed E-state index contributed by atoms with van der Waals surface area (Å²) in [7, 11) is 0. The molecule has 1 aromatic rings. The van der Waals surface area contributed by atoms with E-state index in [1.165, 1.54) is 12.6 Å². The van der Waals surface area contributed by atoms with E-state index in [1.54, 1.807) is 6.07 Å². The average Bonchev–Trinajstić information content (AvgIpc) is 2.73. The van der Waals surface area contributed by atoms with Gasteiger partial charge in [-0.25, -0.2) is 0 Å². The van der Waals surface area contributed by atoms with Gasteiger partial charge in [-0.3, -0.25) is 4.79 Å². The SMILES string of the molecule is NC1CCCCCC1NC(=O)c1ccno1. The molecule has 0 bridgehead atoms. The van der Waals surface area contributed by atoms with Crippen molar-refractivity contribution < 1.29 is 9.32 Å². The third-order valence-electron chi connectivity index (χ3n) is 3.05. The van der Waals surface area contributed by atoms with Gasteiger partial charge >= 0.3 is 0 Å². The quantitative estimate of drug-likeness (QED) is 0.735. The van der Waals surface area contributed by atoms with Crippen molar-refractivity contribution in [2.24, 2.45) is 5.73 Å². The molecule has 2 atom stereocenters. The highest BCUT2D eigenvalue weighted by Crippen LogP contribution is 2.17. The van der Waals surface area contributed by atoms with Crippen molar-refractivity contribution in [2.45, 2.75) is 44.2 Å². The van der Waals surface area contributed by atoms with E-state index >= 15 is 0 Å². The summed E-state index contributed by atoms with van der Waals surface area (Å²) in [5.74, 6) is 0.0243. The molecule has 1 saturated carbocycles. The summed E-state index contributed by atoms with van der Waals surface area (Å²) in [4.78, 5) is 11.7. The molecule has 1 aromatic heterocycles. The normalized spacial score (nSPS) is 26.1. The van der Waals surface area contributed by atoms with Gasteiger partial charge in [0.15, 0.2) is 0 Å². The van der Waals surface area contributed by atoms with Crippen LogP contribution < -0.4 is 11.1 Å². The van der Waals surface area contributed by atoms with Gasteiger partial charge in [-0.15, -0.1) is 0 Å². The zero-order chi connectivity index (χ0) is 11.4. The summed E-state index contributed by atoms with van der Waals surface area (Å²) >= 11 is 0. The fraction of sp³-hybridized carbons (Fsp3) is 0.636. The lowest BCUT2D eigenvalue weighted by Crippen LogP contribution is -2.46. The van der Waals surface area contributed by atoms with Crippen LogP contribution in [0.4, 0.5) is 0 Å². The third-order valence-corrected chi connectivity index (χ3v) is 3.05. The van der Waals surface area contributed by atoms with Gasteiger partial charge in [-0.1, -0.05) is 24.4 Å². The van der Waals surface area contributed by atoms with E-state index in [2.05, 4.69) is 10.5 Å². The van der Waals surface area contributed by atoms with Gasteiger partial charge in [0.2, 0.25) is 5.76 Å². The number of rotatable bonds is 2. The first-order valence-electron chi connectivity index (χ1n) is 5.74. The second kappa shape index (κ2) is 5.12. The van der Waals surface area contributed by atoms with Crippen molar-refractivity contribution in [3.05, 3.63) is 18.0 Å². The van der Waals surface area contributed by atoms with Crippen LogP contribution in [-0.2, 0) is 0 Å². The number of nitrogens with zero attached hydrogens (tertiary/aromatic N) is 1. The molecule has 2 unspecified atom stereocenters. The molecule has 1 heterocycles. The molecule has 2 rings (SSSR count). The van der Waals surface area contributed by atoms with E-state index < -0.39 is 0 Å². The Morgan fingerprint density at radius 3 is 3.00 bits per heavy atom. The second-order valence-electron chi connectivity index (χ2n) is 4.26. The summed E-state index contributed by atoms with van der Waals surface area (Å²) < 4.78 is 4.80. The highest BCUT2D eigenvalue weighted by Gasteiger charge is 2.23. The van der Waals surface area contributed by atoms with Gasteiger partial charge < -0.3 is 15.6 Å². The van der Waals surface area contributed by atoms with Crippen LogP contribution in [0.2, 0.25) is 0 Å². The lowest BCUT2D eigenvalue weighted by Gasteiger charge is -2.21. The van der Waals surface area contributed by atoms with E-state index in [0.29, 0.717) is 0 Å². The number of aromatic nitrogens is 1. The van der Waals surface area contributed by atoms with Gasteiger partial charge in [0.25, 0.3) is 5.91 Å². The monoisotopic (exact) mass is 223 g/mol. The Morgan fingerprint density at radius 1 is 1.44 bits per heavy atom. The Morgan fingerprint density at radius 2 is 2.25 bits per heavy atom. The van der Waals surface area contributed by atoms with Crippen molar-refractivity contribution in [3.63, 3.8) is 0 Å². The predicted molar refractivity (Wildman–Crippen MR) is 58.8 cm³/mol. The van der Waals surface area contributed by atoms with E-state index in [1.807, 2.05) is 0 Å². The topological polar surface area (TPSA) is 81.1 Å². The van der Waals surface area contributed by atoms with Crippen molar-refractivity contribution in [3.8, 4) is 0 Å². The van der Waals surface area contributed by atoms with Crippen LogP contribution in [0.25, 0.3) is 0 Å². The molecule has 0 spiro atoms. The minimum atomic E-state index is -0.222. The predicted octanol–water partition coefficient (Wildman–Crippen LogP) is 1.06. The fourth-order valence-electron chi connectivity index (χ4n) is 2.09. The lowest BCUT2D eigenvalue weighted by molar-refractivity contribution is 0.0891. The number of hydrogen-bond donors (Lipinski definition) is 2. The maximum Gasteiger partial charge on any atom is 0.290 e. The fourth-order valence-corrected chi connectivity index (χ4v) is 2.09. The van der Waals surface area contributed by atoms with Crippen molar-refractivity contribution in [1.29, 1.82) is 0 Å². The maximum absolute atomic E-state index is 11.7. The molecule has 16 heavy (non-hydrogen) atoms. The van der Waals surface area contributed by atoms with E-state index in [-0.39, 0.29) is 23.8 Å². The molecule has 1 amide bonds. The molecule has 1 fully saturated rings. The first-order chi connectivity index (χ1) is 7.77. The van der Waals surface area contributed by atoms with Crippen LogP contribution in [0.5, 0.6) is 0 Å². The molecule has 3 N–H and O–H groups in total. The Hall–Kier alpha value is -1.36. The molecule has 1 aliphatic carbocycles. The smallest absolute Gasteiger partial charge is 0.290 e. The van der Waals surface area contributed by atoms with Gasteiger partial charge in [-0.2, -0.15) is 0 Å². The standard InChI is InChI=1S/C11H17N3O2/c12-8-4-2-1-3-5-9(8)14-11(15)10-6-7-13-16-10/h6-9H,1-5,12H2,(H,14,15). The van der Waals surface area contributed by atoms with E-state index in [9.17, 15) is 4.79 Å². The molecule has 5 heteroatoms. The number of hydrogen-bond acceptors (Lipinski definition) is 4. The third kappa shape index (κ3) is 2.61. The number of amides is 1. The zero-order valence-corrected chi connectivity index (χ0v) is 9.19. The Balaban J connectivity index is 1.95. The molecule has 0 saturated heterocycles. The van der Waals surface area contributed by atoms with Crippen molar-refractivity contribution >= 4 is 5.91 Å². The number of nitrogens with one attached hydrogen (secondary N) is 1. The second-order valence-corrected chi connectivity index (χ2v) is 4.26. The highest BCUT2D eigenvalue weighted by molar-refractivity contribution is 5.91. The molecule has 5 nitrogen and oxygen atoms in total. The number of nitrogens with two attached hydrogens (primary N) is 1. The summed E-state index contributed by atoms with van der Waals surface area (Å²) in [6.45, 7) is 0. The Kier molecular flexibility index (Phi) is 3.56. The first kappa shape index (κ1) is 11.1. The van der Waals surface area contributed by atoms with Crippen LogP contribution >= 0.6 is 0 Å². The average molecular weight is 223 g/mol. The van der Waals surface area contributed by atoms with Crippen molar-refractivity contribution in [2.75, 3.05) is 0 Å². The molecule has 88 valence electrons. The molecular weight excluding hydrogens is 206 g/mol. The largest absolute Gasteiger partial charge is 0.351 e. The van der Waals surface area contributed by atoms with Crippen LogP contribution in [0, 0.1) is 0 Å². The van der Waals surface area contributed by atoms with Gasteiger partial charge in [0, 0.05) is 18.2 Å². The highest BCUT2D eigenvalue weighted by atomic mass is 16.5. The van der Waals surface area contributed by atoms with E-state index in [4.69, 9.17) is 10.3 Å². The summed E-state index contributed by atoms with van der Waals surface area (Å²) in [6, 6.07) is 1.66. The zero-order valence-electron chi connectivity index (χ0n) is 9.19. The van der Waals surface area contributed by atoms with Crippen LogP contribution in [0.3, 0.4) is 0 Å². The minimum absolute atomic E-state index is 0.0503. The van der Waals surface area contributed by atoms with Crippen LogP contribution in [0.1, 0.15) is 42.7 Å². The molecule has 1 aliphatic rings. The van der Waals surface area contributed by atoms with Crippen LogP contribution in [-0.4, -0.2) is 23.1 Å². The van der Waals surface area contributed by atoms with Gasteiger partial charge in [-0.05, 0) is 12.8 Å². The molecule has 0 aromatic carbocycles. The van der Waals surface area contributed by atoms with Crippen LogP contribution in [0.15, 0.2) is 16.8 Å². The first-order valence-corrected chi connectivity index (χ1v) is 5.74. The minimum Gasteiger partial charge on any atom is -0.351 e. The van der Waals surface area contributed by atoms with Gasteiger partial charge in [0.05, 0.1) is 6.20 Å². The van der Waals surface area contributed by atoms with Gasteiger partial charge in [0.1, 0.15) is 0 Å². The maximum atomic E-state index is 11.7. The number of carbonyl (C=O) groups excluding carboxylic acids is 1. The molecule has 0 aliphatic heterocycles. The summed E-state index contributed by atoms with van der Waals surface area (Å²) in [5.41, 5.74) is 6.02. The Labute approximate surface area is 94.4 Å². The summed E-state index contributed by atoms with van der Waals surface area (Å²) in [5, 5.41) is 6.42. The van der Waals surface area contributed by atoms with Crippen molar-refractivity contribution in [1.82, 2.24) is 10.5 Å². The number of carbonyl (C=O) groups is 1. The summed E-state index contributed by atoms with van der Waals surface area (Å²) in [6.07, 6.45) is 6.84. The Bertz CT molecular complexity index is 337. The molecular formula is C11H17N3O2. The molecule has 0 radical (unpaired) electrons. The lowest BCUT2D eigenvalue weighted by atomic mass is 10.0. The van der Waals surface area contributed by atoms with E-state index in [0.717, 1.165) is 25.7 Å².